The maximum atomic E-state index is 10.7. The van der Waals surface area contributed by atoms with E-state index in [0.717, 1.165) is 35.1 Å². The summed E-state index contributed by atoms with van der Waals surface area (Å²) in [6.07, 6.45) is 3.67. The Balaban J connectivity index is 2.24. The van der Waals surface area contributed by atoms with Crippen LogP contribution in [-0.4, -0.2) is 58.2 Å². The number of fused-ring (bicyclic) bond motifs is 3. The molecule has 0 aromatic heterocycles. The van der Waals surface area contributed by atoms with E-state index in [1.165, 1.54) is 0 Å². The second-order valence-corrected chi connectivity index (χ2v) is 14.9. The Labute approximate surface area is 193 Å². The first-order valence-electron chi connectivity index (χ1n) is 11.2. The number of aliphatic hydroxyl groups is 2. The molecule has 0 spiro atoms. The van der Waals surface area contributed by atoms with Crippen LogP contribution in [0.4, 0.5) is 0 Å². The highest BCUT2D eigenvalue weighted by molar-refractivity contribution is 6.74. The third-order valence-electron chi connectivity index (χ3n) is 7.07. The largest absolute Gasteiger partial charge is 0.493 e. The van der Waals surface area contributed by atoms with Crippen LogP contribution in [0.2, 0.25) is 18.1 Å². The predicted octanol–water partition coefficient (Wildman–Crippen LogP) is 4.48. The lowest BCUT2D eigenvalue weighted by atomic mass is 9.92. The zero-order valence-corrected chi connectivity index (χ0v) is 21.6. The molecule has 1 aromatic carbocycles. The van der Waals surface area contributed by atoms with Crippen molar-refractivity contribution in [2.75, 3.05) is 21.3 Å². The molecule has 0 saturated heterocycles. The highest BCUT2D eigenvalue weighted by Gasteiger charge is 2.42. The number of hydrogen-bond acceptors (Lipinski definition) is 6. The van der Waals surface area contributed by atoms with Crippen molar-refractivity contribution in [1.29, 1.82) is 0 Å². The first kappa shape index (κ1) is 24.8. The summed E-state index contributed by atoms with van der Waals surface area (Å²) in [5.74, 6) is 1.68. The number of ether oxygens (including phenoxy) is 3. The average Bonchev–Trinajstić information content (AvgIpc) is 2.95. The lowest BCUT2D eigenvalue weighted by Gasteiger charge is -2.40. The molecule has 0 amide bonds. The Morgan fingerprint density at radius 1 is 1.00 bits per heavy atom. The fourth-order valence-electron chi connectivity index (χ4n) is 4.20. The molecule has 0 fully saturated rings. The number of hydrogen-bond donors (Lipinski definition) is 2. The van der Waals surface area contributed by atoms with Gasteiger partial charge in [-0.3, -0.25) is 0 Å². The molecule has 0 unspecified atom stereocenters. The zero-order valence-electron chi connectivity index (χ0n) is 20.6. The van der Waals surface area contributed by atoms with Gasteiger partial charge in [-0.25, -0.2) is 0 Å². The standard InChI is InChI=1S/C25H38O6Si/c1-25(2,3)32(7,8)31-20-12-9-15-13-21(28-4)23(29-5)24(30-6)22(15)17-14-19(27)18(26)11-10-16(17)20/h10,13-14,18-20,26-27H,9,11-12H2,1-8H3/t18-,19+,20-/m0/s1. The fraction of sp³-hybridized carbons (Fsp3) is 0.600. The van der Waals surface area contributed by atoms with Crippen molar-refractivity contribution in [3.63, 3.8) is 0 Å². The van der Waals surface area contributed by atoms with Crippen molar-refractivity contribution in [3.05, 3.63) is 34.9 Å². The summed E-state index contributed by atoms with van der Waals surface area (Å²) in [7, 11) is 2.73. The van der Waals surface area contributed by atoms with Gasteiger partial charge in [0.05, 0.1) is 39.6 Å². The topological polar surface area (TPSA) is 77.4 Å². The number of aliphatic hydroxyl groups excluding tert-OH is 2. The van der Waals surface area contributed by atoms with Crippen LogP contribution in [0.5, 0.6) is 17.2 Å². The van der Waals surface area contributed by atoms with Crippen LogP contribution in [0.25, 0.3) is 5.57 Å². The highest BCUT2D eigenvalue weighted by atomic mass is 28.4. The van der Waals surface area contributed by atoms with Gasteiger partial charge < -0.3 is 28.8 Å². The molecular weight excluding hydrogens is 424 g/mol. The van der Waals surface area contributed by atoms with Crippen molar-refractivity contribution in [3.8, 4) is 17.2 Å². The van der Waals surface area contributed by atoms with Gasteiger partial charge in [0, 0.05) is 5.56 Å². The third-order valence-corrected chi connectivity index (χ3v) is 11.6. The van der Waals surface area contributed by atoms with Gasteiger partial charge in [0.15, 0.2) is 19.8 Å². The van der Waals surface area contributed by atoms with Crippen LogP contribution < -0.4 is 14.2 Å². The summed E-state index contributed by atoms with van der Waals surface area (Å²) in [4.78, 5) is 0. The van der Waals surface area contributed by atoms with Gasteiger partial charge in [0.1, 0.15) is 0 Å². The van der Waals surface area contributed by atoms with Gasteiger partial charge in [-0.05, 0) is 66.2 Å². The highest BCUT2D eigenvalue weighted by Crippen LogP contribution is 2.50. The molecular formula is C25H38O6Si. The molecule has 2 aliphatic rings. The molecule has 0 saturated carbocycles. The molecule has 3 atom stereocenters. The first-order valence-corrected chi connectivity index (χ1v) is 14.1. The lowest BCUT2D eigenvalue weighted by molar-refractivity contribution is 0.0519. The SMILES string of the molecule is COc1cc2c(c(OC)c1OC)C1=C[C@@H](O)[C@@H](O)CC=C1[C@@H](O[Si](C)(C)C(C)(C)C)CC2. The molecule has 2 aliphatic carbocycles. The van der Waals surface area contributed by atoms with E-state index in [0.29, 0.717) is 23.7 Å². The Morgan fingerprint density at radius 2 is 1.66 bits per heavy atom. The second-order valence-electron chi connectivity index (χ2n) is 10.1. The summed E-state index contributed by atoms with van der Waals surface area (Å²) >= 11 is 0. The first-order chi connectivity index (χ1) is 14.9. The van der Waals surface area contributed by atoms with Gasteiger partial charge in [-0.1, -0.05) is 26.8 Å². The lowest BCUT2D eigenvalue weighted by Crippen LogP contribution is -2.44. The van der Waals surface area contributed by atoms with E-state index >= 15 is 0 Å². The van der Waals surface area contributed by atoms with Gasteiger partial charge >= 0.3 is 0 Å². The van der Waals surface area contributed by atoms with Crippen LogP contribution in [0.15, 0.2) is 23.8 Å². The maximum Gasteiger partial charge on any atom is 0.203 e. The fourth-order valence-corrected chi connectivity index (χ4v) is 5.51. The van der Waals surface area contributed by atoms with Gasteiger partial charge in [-0.2, -0.15) is 0 Å². The summed E-state index contributed by atoms with van der Waals surface area (Å²) in [5.41, 5.74) is 3.74. The Hall–Kier alpha value is -1.80. The Morgan fingerprint density at radius 3 is 2.22 bits per heavy atom. The van der Waals surface area contributed by atoms with Crippen LogP contribution in [0.3, 0.4) is 0 Å². The molecule has 6 nitrogen and oxygen atoms in total. The van der Waals surface area contributed by atoms with Crippen LogP contribution >= 0.6 is 0 Å². The van der Waals surface area contributed by atoms with E-state index in [2.05, 4.69) is 33.9 Å². The molecule has 178 valence electrons. The Kier molecular flexibility index (Phi) is 7.15. The molecule has 7 heteroatoms. The van der Waals surface area contributed by atoms with E-state index in [-0.39, 0.29) is 11.1 Å². The molecule has 3 rings (SSSR count). The van der Waals surface area contributed by atoms with E-state index in [1.807, 2.05) is 12.1 Å². The van der Waals surface area contributed by atoms with Crippen LogP contribution in [0.1, 0.15) is 44.7 Å². The molecule has 1 aromatic rings. The monoisotopic (exact) mass is 462 g/mol. The Bertz CT molecular complexity index is 912. The van der Waals surface area contributed by atoms with Crippen LogP contribution in [0, 0.1) is 0 Å². The summed E-state index contributed by atoms with van der Waals surface area (Å²) in [5, 5.41) is 21.2. The minimum Gasteiger partial charge on any atom is -0.493 e. The smallest absolute Gasteiger partial charge is 0.203 e. The van der Waals surface area contributed by atoms with Crippen LogP contribution in [-0.2, 0) is 10.8 Å². The zero-order chi connectivity index (χ0) is 23.8. The number of methoxy groups -OCH3 is 3. The minimum absolute atomic E-state index is 0.0600. The van der Waals surface area contributed by atoms with Gasteiger partial charge in [0.2, 0.25) is 5.75 Å². The molecule has 0 heterocycles. The molecule has 2 N–H and O–H groups in total. The normalized spacial score (nSPS) is 23.8. The molecule has 0 aliphatic heterocycles. The third kappa shape index (κ3) is 4.48. The van der Waals surface area contributed by atoms with E-state index in [9.17, 15) is 10.2 Å². The van der Waals surface area contributed by atoms with Crippen molar-refractivity contribution in [1.82, 2.24) is 0 Å². The van der Waals surface area contributed by atoms with Crippen molar-refractivity contribution >= 4 is 13.9 Å². The predicted molar refractivity (Wildman–Crippen MR) is 129 cm³/mol. The van der Waals surface area contributed by atoms with Crippen molar-refractivity contribution in [2.45, 2.75) is 76.5 Å². The maximum absolute atomic E-state index is 10.7. The van der Waals surface area contributed by atoms with Crippen molar-refractivity contribution < 1.29 is 28.8 Å². The summed E-state index contributed by atoms with van der Waals surface area (Å²) in [6.45, 7) is 11.2. The number of aryl methyl sites for hydroxylation is 1. The molecule has 0 radical (unpaired) electrons. The van der Waals surface area contributed by atoms with E-state index in [1.54, 1.807) is 27.4 Å². The minimum atomic E-state index is -2.08. The molecule has 0 bridgehead atoms. The average molecular weight is 463 g/mol. The van der Waals surface area contributed by atoms with E-state index in [4.69, 9.17) is 18.6 Å². The van der Waals surface area contributed by atoms with E-state index < -0.39 is 20.5 Å². The van der Waals surface area contributed by atoms with Crippen molar-refractivity contribution in [2.24, 2.45) is 0 Å². The summed E-state index contributed by atoms with van der Waals surface area (Å²) in [6, 6.07) is 1.98. The summed E-state index contributed by atoms with van der Waals surface area (Å²) < 4.78 is 24.0. The van der Waals surface area contributed by atoms with Gasteiger partial charge in [-0.15, -0.1) is 0 Å². The van der Waals surface area contributed by atoms with Gasteiger partial charge in [0.25, 0.3) is 0 Å². The number of benzene rings is 1. The second kappa shape index (κ2) is 9.21. The molecule has 32 heavy (non-hydrogen) atoms. The quantitative estimate of drug-likeness (QED) is 0.628. The number of rotatable bonds is 5.